The first-order chi connectivity index (χ1) is 8.27. The number of halogens is 5. The molecule has 0 saturated carbocycles. The van der Waals surface area contributed by atoms with Gasteiger partial charge in [-0.05, 0) is 18.5 Å². The van der Waals surface area contributed by atoms with Crippen LogP contribution in [0, 0.1) is 0 Å². The van der Waals surface area contributed by atoms with E-state index in [0.717, 1.165) is 12.8 Å². The van der Waals surface area contributed by atoms with Gasteiger partial charge in [0.2, 0.25) is 0 Å². The lowest BCUT2D eigenvalue weighted by Crippen LogP contribution is -2.21. The third kappa shape index (κ3) is 12.5. The molecule has 0 aromatic heterocycles. The van der Waals surface area contributed by atoms with Crippen molar-refractivity contribution in [3.63, 3.8) is 0 Å². The highest BCUT2D eigenvalue weighted by molar-refractivity contribution is 6.66. The van der Waals surface area contributed by atoms with E-state index >= 15 is 0 Å². The summed E-state index contributed by atoms with van der Waals surface area (Å²) in [5.41, 5.74) is 0. The van der Waals surface area contributed by atoms with Crippen molar-refractivity contribution in [3.05, 3.63) is 0 Å². The van der Waals surface area contributed by atoms with Crippen LogP contribution in [0.2, 0.25) is 18.1 Å². The van der Waals surface area contributed by atoms with E-state index in [0.29, 0.717) is 25.7 Å². The molecule has 0 saturated heterocycles. The van der Waals surface area contributed by atoms with Crippen molar-refractivity contribution in [3.8, 4) is 0 Å². The summed E-state index contributed by atoms with van der Waals surface area (Å²) in [6.07, 6.45) is 3.84. The molecule has 0 spiro atoms. The molecule has 0 aliphatic carbocycles. The molecular weight excluding hydrogens is 283 g/mol. The predicted octanol–water partition coefficient (Wildman–Crippen LogP) is 5.97. The molecule has 0 nitrogen and oxygen atoms in total. The highest BCUT2D eigenvalue weighted by atomic mass is 28.5. The third-order valence-corrected chi connectivity index (χ3v) is 5.99. The second-order valence-corrected chi connectivity index (χ2v) is 9.28. The molecule has 0 aromatic rings. The largest absolute Gasteiger partial charge is 0.616 e. The first kappa shape index (κ1) is 18.1. The second-order valence-electron chi connectivity index (χ2n) is 4.84. The van der Waals surface area contributed by atoms with Crippen LogP contribution in [0.25, 0.3) is 0 Å². The Hall–Kier alpha value is 0.0838. The lowest BCUT2D eigenvalue weighted by molar-refractivity contribution is 0.459. The fourth-order valence-electron chi connectivity index (χ4n) is 1.82. The lowest BCUT2D eigenvalue weighted by Gasteiger charge is -2.12. The summed E-state index contributed by atoms with van der Waals surface area (Å²) in [4.78, 5) is 0. The van der Waals surface area contributed by atoms with Crippen molar-refractivity contribution >= 4 is 17.8 Å². The molecule has 7 heteroatoms. The molecule has 0 amide bonds. The Morgan fingerprint density at radius 3 is 1.50 bits per heavy atom. The van der Waals surface area contributed by atoms with Crippen molar-refractivity contribution in [2.24, 2.45) is 0 Å². The number of unbranched alkanes of at least 4 members (excludes halogenated alkanes) is 5. The molecule has 0 N–H and O–H groups in total. The van der Waals surface area contributed by atoms with Crippen LogP contribution in [0.4, 0.5) is 20.5 Å². The molecule has 0 radical (unpaired) electrons. The van der Waals surface area contributed by atoms with Gasteiger partial charge in [0.25, 0.3) is 0 Å². The van der Waals surface area contributed by atoms with E-state index in [1.165, 1.54) is 0 Å². The Morgan fingerprint density at radius 2 is 1.06 bits per heavy atom. The van der Waals surface area contributed by atoms with E-state index in [1.807, 2.05) is 6.92 Å². The van der Waals surface area contributed by atoms with Crippen LogP contribution in [0.1, 0.15) is 51.9 Å². The third-order valence-electron chi connectivity index (χ3n) is 2.90. The summed E-state index contributed by atoms with van der Waals surface area (Å²) in [5, 5.41) is 0. The monoisotopic (exact) mass is 306 g/mol. The van der Waals surface area contributed by atoms with E-state index < -0.39 is 23.9 Å². The smallest absolute Gasteiger partial charge is 0.270 e. The summed E-state index contributed by atoms with van der Waals surface area (Å²) in [5.74, 6) is 0. The van der Waals surface area contributed by atoms with E-state index in [-0.39, 0.29) is 18.5 Å². The van der Waals surface area contributed by atoms with Gasteiger partial charge in [0.15, 0.2) is 0 Å². The van der Waals surface area contributed by atoms with Crippen LogP contribution in [-0.4, -0.2) is 17.8 Å². The molecular formula is C11H23F5Si2. The van der Waals surface area contributed by atoms with Gasteiger partial charge in [-0.3, -0.25) is 8.22 Å². The molecule has 0 unspecified atom stereocenters. The Morgan fingerprint density at radius 1 is 0.611 bits per heavy atom. The number of hydrogen-bond donors (Lipinski definition) is 0. The van der Waals surface area contributed by atoms with Crippen LogP contribution in [0.3, 0.4) is 0 Å². The summed E-state index contributed by atoms with van der Waals surface area (Å²) in [7, 11) is -9.47. The Kier molecular flexibility index (Phi) is 9.10. The Bertz CT molecular complexity index is 206. The Balaban J connectivity index is 3.46. The quantitative estimate of drug-likeness (QED) is 0.191. The van der Waals surface area contributed by atoms with Gasteiger partial charge in [0.1, 0.15) is 0 Å². The minimum atomic E-state index is -5.42. The van der Waals surface area contributed by atoms with Crippen molar-refractivity contribution in [2.45, 2.75) is 70.0 Å². The maximum atomic E-state index is 13.4. The van der Waals surface area contributed by atoms with E-state index in [2.05, 4.69) is 0 Å². The van der Waals surface area contributed by atoms with Crippen molar-refractivity contribution in [2.75, 3.05) is 0 Å². The summed E-state index contributed by atoms with van der Waals surface area (Å²) in [6, 6.07) is -0.645. The molecule has 110 valence electrons. The summed E-state index contributed by atoms with van der Waals surface area (Å²) in [6.45, 7) is 1.98. The van der Waals surface area contributed by atoms with E-state index in [9.17, 15) is 20.5 Å². The normalized spacial score (nSPS) is 13.0. The molecule has 0 fully saturated rings. The molecule has 0 atom stereocenters. The first-order valence-electron chi connectivity index (χ1n) is 6.71. The molecule has 0 aliphatic rings. The van der Waals surface area contributed by atoms with Crippen molar-refractivity contribution in [1.82, 2.24) is 0 Å². The second kappa shape index (κ2) is 9.06. The zero-order valence-corrected chi connectivity index (χ0v) is 13.0. The molecule has 18 heavy (non-hydrogen) atoms. The van der Waals surface area contributed by atoms with Gasteiger partial charge in [-0.25, -0.2) is 12.3 Å². The summed E-state index contributed by atoms with van der Waals surface area (Å²) >= 11 is 0. The molecule has 0 rings (SSSR count). The fourth-order valence-corrected chi connectivity index (χ4v) is 4.26. The highest BCUT2D eigenvalue weighted by Crippen LogP contribution is 2.26. The van der Waals surface area contributed by atoms with Crippen LogP contribution in [0.5, 0.6) is 0 Å². The zero-order valence-electron chi connectivity index (χ0n) is 11.0. The van der Waals surface area contributed by atoms with Gasteiger partial charge in [-0.15, -0.1) is 0 Å². The minimum Gasteiger partial charge on any atom is -0.270 e. The maximum absolute atomic E-state index is 13.4. The average molecular weight is 306 g/mol. The Labute approximate surface area is 109 Å². The van der Waals surface area contributed by atoms with Gasteiger partial charge in [0, 0.05) is 6.04 Å². The molecule has 0 heterocycles. The molecule has 0 bridgehead atoms. The topological polar surface area (TPSA) is 0 Å². The highest BCUT2D eigenvalue weighted by Gasteiger charge is 2.35. The average Bonchev–Trinajstić information content (AvgIpc) is 2.22. The van der Waals surface area contributed by atoms with Crippen LogP contribution in [0.15, 0.2) is 0 Å². The van der Waals surface area contributed by atoms with Crippen LogP contribution >= 0.6 is 0 Å². The van der Waals surface area contributed by atoms with Crippen molar-refractivity contribution < 1.29 is 20.5 Å². The van der Waals surface area contributed by atoms with E-state index in [4.69, 9.17) is 0 Å². The lowest BCUT2D eigenvalue weighted by atomic mass is 10.2. The van der Waals surface area contributed by atoms with Gasteiger partial charge < -0.3 is 0 Å². The van der Waals surface area contributed by atoms with Crippen LogP contribution < -0.4 is 0 Å². The van der Waals surface area contributed by atoms with Gasteiger partial charge in [-0.1, -0.05) is 45.4 Å². The molecule has 0 aliphatic heterocycles. The molecule has 0 aromatic carbocycles. The van der Waals surface area contributed by atoms with E-state index in [1.54, 1.807) is 0 Å². The zero-order chi connectivity index (χ0) is 14.1. The van der Waals surface area contributed by atoms with Gasteiger partial charge in [-0.2, -0.15) is 0 Å². The fraction of sp³-hybridized carbons (Fsp3) is 1.00. The van der Waals surface area contributed by atoms with Crippen LogP contribution in [-0.2, 0) is 0 Å². The van der Waals surface area contributed by atoms with Crippen molar-refractivity contribution in [1.29, 1.82) is 0 Å². The van der Waals surface area contributed by atoms with Gasteiger partial charge >= 0.3 is 17.8 Å². The SMILES string of the molecule is CCCCC[Si](F)(F)CCCCCC[Si](F)(F)F. The van der Waals surface area contributed by atoms with Gasteiger partial charge in [0.05, 0.1) is 0 Å². The minimum absolute atomic E-state index is 0.0415. The number of rotatable bonds is 11. The maximum Gasteiger partial charge on any atom is 0.616 e. The summed E-state index contributed by atoms with van der Waals surface area (Å²) < 4.78 is 62.7. The standard InChI is InChI=1S/C11H23F5Si2/c1-2-3-6-9-17(12,13)10-7-4-5-8-11-18(14,15)16/h2-11H2,1H3. The first-order valence-corrected chi connectivity index (χ1v) is 10.7. The predicted molar refractivity (Wildman–Crippen MR) is 69.5 cm³/mol. The number of hydrogen-bond acceptors (Lipinski definition) is 0.